The summed E-state index contributed by atoms with van der Waals surface area (Å²) in [5.41, 5.74) is 7.75. The molecule has 2 unspecified atom stereocenters. The van der Waals surface area contributed by atoms with Gasteiger partial charge in [-0.15, -0.1) is 0 Å². The largest absolute Gasteiger partial charge is 0.380 e. The molecule has 1 saturated carbocycles. The van der Waals surface area contributed by atoms with Crippen LogP contribution in [0.25, 0.3) is 10.9 Å². The summed E-state index contributed by atoms with van der Waals surface area (Å²) in [6, 6.07) is 15.4. The number of H-pyrrole nitrogens is 1. The molecule has 2 aliphatic heterocycles. The van der Waals surface area contributed by atoms with E-state index in [4.69, 9.17) is 0 Å². The quantitative estimate of drug-likeness (QED) is 0.477. The Hall–Kier alpha value is -2.79. The first-order valence-corrected chi connectivity index (χ1v) is 14.0. The summed E-state index contributed by atoms with van der Waals surface area (Å²) in [5.74, 6) is 0.735. The van der Waals surface area contributed by atoms with Crippen molar-refractivity contribution in [3.8, 4) is 0 Å². The smallest absolute Gasteiger partial charge is 0.155 e. The predicted octanol–water partition coefficient (Wildman–Crippen LogP) is 5.85. The number of hydrogen-bond donors (Lipinski definition) is 2. The Labute approximate surface area is 215 Å². The summed E-state index contributed by atoms with van der Waals surface area (Å²) in [6.07, 6.45) is 7.93. The van der Waals surface area contributed by atoms with Crippen molar-refractivity contribution in [2.45, 2.75) is 70.9 Å². The molecule has 1 saturated heterocycles. The summed E-state index contributed by atoms with van der Waals surface area (Å²) in [7, 11) is 0. The average Bonchev–Trinajstić information content (AvgIpc) is 3.23. The molecule has 3 aromatic rings. The van der Waals surface area contributed by atoms with Gasteiger partial charge < -0.3 is 15.2 Å². The lowest BCUT2D eigenvalue weighted by molar-refractivity contribution is -0.130. The van der Waals surface area contributed by atoms with E-state index in [2.05, 4.69) is 76.4 Å². The van der Waals surface area contributed by atoms with Crippen LogP contribution in [0.3, 0.4) is 0 Å². The molecule has 0 bridgehead atoms. The number of benzene rings is 2. The number of piperazine rings is 1. The van der Waals surface area contributed by atoms with Crippen molar-refractivity contribution in [3.63, 3.8) is 0 Å². The molecule has 5 heteroatoms. The molecule has 190 valence electrons. The predicted molar refractivity (Wildman–Crippen MR) is 149 cm³/mol. The van der Waals surface area contributed by atoms with Crippen LogP contribution in [0.5, 0.6) is 0 Å². The molecule has 1 aliphatic carbocycles. The van der Waals surface area contributed by atoms with Crippen molar-refractivity contribution in [1.29, 1.82) is 0 Å². The molecule has 0 radical (unpaired) electrons. The number of Topliss-reactive ketones (excluding diaryl/α,β-unsaturated/α-hetero) is 1. The molecule has 6 rings (SSSR count). The first-order chi connectivity index (χ1) is 17.6. The molecule has 2 N–H and O–H groups in total. The normalized spacial score (nSPS) is 22.3. The number of anilines is 2. The molecule has 2 aromatic carbocycles. The minimum absolute atomic E-state index is 0.0318. The van der Waals surface area contributed by atoms with Crippen molar-refractivity contribution in [3.05, 3.63) is 59.3 Å². The number of hydrogen-bond acceptors (Lipinski definition) is 4. The van der Waals surface area contributed by atoms with Crippen LogP contribution in [0.15, 0.2) is 42.5 Å². The molecule has 36 heavy (non-hydrogen) atoms. The fraction of sp³-hybridized carbons (Fsp3) is 0.516. The summed E-state index contributed by atoms with van der Waals surface area (Å²) < 4.78 is 0. The van der Waals surface area contributed by atoms with E-state index in [0.717, 1.165) is 51.9 Å². The zero-order chi connectivity index (χ0) is 24.6. The van der Waals surface area contributed by atoms with Gasteiger partial charge in [0, 0.05) is 66.1 Å². The van der Waals surface area contributed by atoms with Crippen LogP contribution in [0, 0.1) is 19.8 Å². The maximum atomic E-state index is 14.1. The van der Waals surface area contributed by atoms with E-state index in [1.165, 1.54) is 58.4 Å². The maximum Gasteiger partial charge on any atom is 0.155 e. The number of aryl methyl sites for hydroxylation is 3. The molecular weight excluding hydrogens is 444 g/mol. The van der Waals surface area contributed by atoms with E-state index in [1.807, 2.05) is 0 Å². The van der Waals surface area contributed by atoms with E-state index < -0.39 is 0 Å². The Morgan fingerprint density at radius 2 is 1.69 bits per heavy atom. The molecule has 3 aliphatic rings. The number of nitrogens with one attached hydrogen (secondary N) is 2. The van der Waals surface area contributed by atoms with Crippen molar-refractivity contribution in [2.24, 2.45) is 5.92 Å². The third-order valence-corrected chi connectivity index (χ3v) is 9.11. The second-order valence-electron chi connectivity index (χ2n) is 11.2. The summed E-state index contributed by atoms with van der Waals surface area (Å²) in [6.45, 7) is 8.16. The van der Waals surface area contributed by atoms with Crippen LogP contribution in [0.2, 0.25) is 0 Å². The van der Waals surface area contributed by atoms with Gasteiger partial charge in [-0.2, -0.15) is 0 Å². The number of para-hydroxylation sites is 1. The Kier molecular flexibility index (Phi) is 6.51. The topological polar surface area (TPSA) is 51.4 Å². The first kappa shape index (κ1) is 23.6. The average molecular weight is 485 g/mol. The number of fused-ring (bicyclic) bond motifs is 2. The van der Waals surface area contributed by atoms with Gasteiger partial charge in [0.25, 0.3) is 0 Å². The molecule has 2 atom stereocenters. The highest BCUT2D eigenvalue weighted by Gasteiger charge is 2.40. The second kappa shape index (κ2) is 9.93. The van der Waals surface area contributed by atoms with Gasteiger partial charge in [0.05, 0.1) is 6.04 Å². The first-order valence-electron chi connectivity index (χ1n) is 14.0. The monoisotopic (exact) mass is 484 g/mol. The number of aromatic amines is 1. The number of ketones is 1. The fourth-order valence-corrected chi connectivity index (χ4v) is 6.99. The van der Waals surface area contributed by atoms with E-state index in [0.29, 0.717) is 5.78 Å². The molecule has 0 spiro atoms. The standard InChI is InChI=1S/C31H40N4O/c1-21-22(2)32-26-13-8-14-28(29(21)26)34-17-19-35(20-18-34)30(31(36)24-10-4-3-5-11-24)27-16-15-23-9-6-7-12-25(23)33-27/h6-9,12-14,24,27,30,32-33H,3-5,10-11,15-20H2,1-2H3. The Morgan fingerprint density at radius 3 is 2.50 bits per heavy atom. The van der Waals surface area contributed by atoms with Gasteiger partial charge in [-0.05, 0) is 68.9 Å². The number of carbonyl (C=O) groups excluding carboxylic acids is 1. The highest BCUT2D eigenvalue weighted by Crippen LogP contribution is 2.35. The zero-order valence-corrected chi connectivity index (χ0v) is 21.9. The van der Waals surface area contributed by atoms with Gasteiger partial charge in [-0.1, -0.05) is 43.5 Å². The molecule has 1 aromatic heterocycles. The van der Waals surface area contributed by atoms with Gasteiger partial charge >= 0.3 is 0 Å². The molecular formula is C31H40N4O. The van der Waals surface area contributed by atoms with Crippen LogP contribution in [0.1, 0.15) is 55.3 Å². The highest BCUT2D eigenvalue weighted by molar-refractivity contribution is 5.96. The SMILES string of the molecule is Cc1[nH]c2cccc(N3CCN(C(C(=O)C4CCCCC4)C4CCc5ccccc5N4)CC3)c2c1C. The highest BCUT2D eigenvalue weighted by atomic mass is 16.1. The van der Waals surface area contributed by atoms with E-state index in [-0.39, 0.29) is 18.0 Å². The zero-order valence-electron chi connectivity index (χ0n) is 21.9. The van der Waals surface area contributed by atoms with Gasteiger partial charge in [-0.3, -0.25) is 9.69 Å². The second-order valence-corrected chi connectivity index (χ2v) is 11.2. The van der Waals surface area contributed by atoms with Crippen LogP contribution in [0.4, 0.5) is 11.4 Å². The molecule has 0 amide bonds. The van der Waals surface area contributed by atoms with Gasteiger partial charge in [0.1, 0.15) is 0 Å². The van der Waals surface area contributed by atoms with Crippen molar-refractivity contribution in [2.75, 3.05) is 36.4 Å². The number of nitrogens with zero attached hydrogens (tertiary/aromatic N) is 2. The minimum Gasteiger partial charge on any atom is -0.380 e. The number of rotatable bonds is 5. The summed E-state index contributed by atoms with van der Waals surface area (Å²) in [5, 5.41) is 5.16. The van der Waals surface area contributed by atoms with Gasteiger partial charge in [0.2, 0.25) is 0 Å². The molecule has 5 nitrogen and oxygen atoms in total. The summed E-state index contributed by atoms with van der Waals surface area (Å²) in [4.78, 5) is 22.7. The van der Waals surface area contributed by atoms with Crippen molar-refractivity contribution in [1.82, 2.24) is 9.88 Å². The fourth-order valence-electron chi connectivity index (χ4n) is 6.99. The van der Waals surface area contributed by atoms with E-state index in [9.17, 15) is 4.79 Å². The number of aromatic nitrogens is 1. The lowest BCUT2D eigenvalue weighted by atomic mass is 9.80. The van der Waals surface area contributed by atoms with Crippen LogP contribution < -0.4 is 10.2 Å². The van der Waals surface area contributed by atoms with E-state index >= 15 is 0 Å². The van der Waals surface area contributed by atoms with E-state index in [1.54, 1.807) is 0 Å². The Bertz CT molecular complexity index is 1230. The Balaban J connectivity index is 1.24. The van der Waals surface area contributed by atoms with Crippen molar-refractivity contribution >= 4 is 28.1 Å². The minimum atomic E-state index is -0.0318. The lowest BCUT2D eigenvalue weighted by Crippen LogP contribution is -2.60. The molecule has 3 heterocycles. The van der Waals surface area contributed by atoms with Gasteiger partial charge in [0.15, 0.2) is 5.78 Å². The van der Waals surface area contributed by atoms with Crippen LogP contribution >= 0.6 is 0 Å². The van der Waals surface area contributed by atoms with Crippen LogP contribution in [-0.2, 0) is 11.2 Å². The maximum absolute atomic E-state index is 14.1. The summed E-state index contributed by atoms with van der Waals surface area (Å²) >= 11 is 0. The third kappa shape index (κ3) is 4.32. The lowest BCUT2D eigenvalue weighted by Gasteiger charge is -2.45. The van der Waals surface area contributed by atoms with Crippen LogP contribution in [-0.4, -0.2) is 53.9 Å². The Morgan fingerprint density at radius 1 is 0.917 bits per heavy atom. The third-order valence-electron chi connectivity index (χ3n) is 9.11. The number of carbonyl (C=O) groups is 1. The van der Waals surface area contributed by atoms with Gasteiger partial charge in [-0.25, -0.2) is 0 Å². The van der Waals surface area contributed by atoms with Crippen molar-refractivity contribution < 1.29 is 4.79 Å². The molecule has 2 fully saturated rings.